The van der Waals surface area contributed by atoms with E-state index >= 15 is 0 Å². The van der Waals surface area contributed by atoms with Crippen LogP contribution in [-0.2, 0) is 19.1 Å². The second-order valence-electron chi connectivity index (χ2n) is 12.3. The number of aliphatic hydroxyl groups is 1. The van der Waals surface area contributed by atoms with Crippen molar-refractivity contribution in [2.24, 2.45) is 17.8 Å². The number of cyclic esters (lactones) is 1. The summed E-state index contributed by atoms with van der Waals surface area (Å²) in [6.07, 6.45) is 8.20. The molecule has 1 atom stereocenters. The highest BCUT2D eigenvalue weighted by molar-refractivity contribution is 5.90. The molecule has 6 heteroatoms. The Morgan fingerprint density at radius 3 is 2.11 bits per heavy atom. The maximum absolute atomic E-state index is 12.3. The zero-order valence-corrected chi connectivity index (χ0v) is 27.6. The van der Waals surface area contributed by atoms with Gasteiger partial charge < -0.3 is 19.3 Å². The van der Waals surface area contributed by atoms with Crippen LogP contribution >= 0.6 is 0 Å². The Morgan fingerprint density at radius 1 is 0.932 bits per heavy atom. The first kappa shape index (κ1) is 36.6. The smallest absolute Gasteiger partial charge is 0.334 e. The summed E-state index contributed by atoms with van der Waals surface area (Å²) in [6, 6.07) is 16.0. The molecule has 1 aliphatic heterocycles. The number of aryl methyl sites for hydroxylation is 1. The maximum Gasteiger partial charge on any atom is 0.334 e. The zero-order chi connectivity index (χ0) is 32.3. The number of carbonyl (C=O) groups excluding carboxylic acids is 2. The van der Waals surface area contributed by atoms with Crippen molar-refractivity contribution < 1.29 is 28.9 Å². The van der Waals surface area contributed by atoms with Gasteiger partial charge in [-0.1, -0.05) is 63.3 Å². The summed E-state index contributed by atoms with van der Waals surface area (Å²) in [6.45, 7) is 11.7. The molecule has 0 bridgehead atoms. The molecule has 2 aromatic rings. The van der Waals surface area contributed by atoms with Gasteiger partial charge in [0, 0.05) is 36.7 Å². The average molecular weight is 605 g/mol. The molecule has 0 spiro atoms. The van der Waals surface area contributed by atoms with Crippen LogP contribution in [0, 0.1) is 36.5 Å². The molecule has 0 aliphatic carbocycles. The lowest BCUT2D eigenvalue weighted by molar-refractivity contribution is -0.152. The first-order chi connectivity index (χ1) is 21.2. The zero-order valence-electron chi connectivity index (χ0n) is 27.6. The Labute approximate surface area is 265 Å². The standard InChI is InChI=1S/C37H48O5.CH4O/c1-27(2)23-32(24-28(3)4)16-19-33-25-35(42-37(33)39)26-41-36(38)9-7-6-8-22-40-34-20-17-31(18-21-34)15-14-30-12-10-29(5)11-13-30;1-2/h10-13,17-21,27-28,32,35H,6-9,16,22-26H2,1-5H3;2H,1H3/b33-19+;. The fourth-order valence-corrected chi connectivity index (χ4v) is 5.20. The predicted molar refractivity (Wildman–Crippen MR) is 176 cm³/mol. The molecular formula is C38H52O6. The van der Waals surface area contributed by atoms with E-state index in [0.717, 1.165) is 68.1 Å². The molecule has 3 rings (SSSR count). The largest absolute Gasteiger partial charge is 0.494 e. The Kier molecular flexibility index (Phi) is 17.0. The van der Waals surface area contributed by atoms with E-state index in [-0.39, 0.29) is 24.6 Å². The van der Waals surface area contributed by atoms with E-state index in [1.807, 2.05) is 36.4 Å². The van der Waals surface area contributed by atoms with E-state index in [4.69, 9.17) is 19.3 Å². The van der Waals surface area contributed by atoms with E-state index in [1.54, 1.807) is 0 Å². The van der Waals surface area contributed by atoms with Gasteiger partial charge in [0.05, 0.1) is 6.61 Å². The quantitative estimate of drug-likeness (QED) is 0.0966. The van der Waals surface area contributed by atoms with Crippen molar-refractivity contribution in [3.8, 4) is 17.6 Å². The van der Waals surface area contributed by atoms with Crippen LogP contribution in [0.25, 0.3) is 0 Å². The number of esters is 2. The average Bonchev–Trinajstić information content (AvgIpc) is 3.36. The lowest BCUT2D eigenvalue weighted by Crippen LogP contribution is -2.18. The van der Waals surface area contributed by atoms with E-state index in [9.17, 15) is 9.59 Å². The fraction of sp³-hybridized carbons (Fsp3) is 0.526. The molecule has 6 nitrogen and oxygen atoms in total. The molecule has 1 N–H and O–H groups in total. The number of allylic oxidation sites excluding steroid dienone is 1. The van der Waals surface area contributed by atoms with Gasteiger partial charge >= 0.3 is 11.9 Å². The van der Waals surface area contributed by atoms with Gasteiger partial charge in [-0.2, -0.15) is 0 Å². The van der Waals surface area contributed by atoms with Crippen molar-refractivity contribution in [1.82, 2.24) is 0 Å². The van der Waals surface area contributed by atoms with Crippen molar-refractivity contribution in [3.05, 3.63) is 76.9 Å². The van der Waals surface area contributed by atoms with Gasteiger partial charge in [0.15, 0.2) is 0 Å². The first-order valence-corrected chi connectivity index (χ1v) is 16.0. The van der Waals surface area contributed by atoms with E-state index < -0.39 is 0 Å². The van der Waals surface area contributed by atoms with Gasteiger partial charge in [-0.25, -0.2) is 4.79 Å². The molecule has 1 saturated heterocycles. The minimum absolute atomic E-state index is 0.123. The Balaban J connectivity index is 0.00000330. The topological polar surface area (TPSA) is 82.1 Å². The minimum atomic E-state index is -0.380. The van der Waals surface area contributed by atoms with Crippen LogP contribution < -0.4 is 4.74 Å². The van der Waals surface area contributed by atoms with E-state index in [0.29, 0.717) is 37.2 Å². The summed E-state index contributed by atoms with van der Waals surface area (Å²) in [5.74, 6) is 8.49. The fourth-order valence-electron chi connectivity index (χ4n) is 5.20. The van der Waals surface area contributed by atoms with Gasteiger partial charge in [-0.3, -0.25) is 4.79 Å². The van der Waals surface area contributed by atoms with Crippen LogP contribution in [0.5, 0.6) is 5.75 Å². The van der Waals surface area contributed by atoms with Crippen LogP contribution in [0.4, 0.5) is 0 Å². The summed E-state index contributed by atoms with van der Waals surface area (Å²) in [5.41, 5.74) is 3.88. The second kappa shape index (κ2) is 20.4. The number of benzene rings is 2. The van der Waals surface area contributed by atoms with Gasteiger partial charge in [-0.15, -0.1) is 0 Å². The summed E-state index contributed by atoms with van der Waals surface area (Å²) in [5, 5.41) is 7.00. The molecule has 1 unspecified atom stereocenters. The summed E-state index contributed by atoms with van der Waals surface area (Å²) >= 11 is 0. The van der Waals surface area contributed by atoms with Crippen LogP contribution in [-0.4, -0.2) is 43.5 Å². The Bertz CT molecular complexity index is 1200. The van der Waals surface area contributed by atoms with E-state index in [2.05, 4.69) is 64.7 Å². The SMILES string of the molecule is CO.Cc1ccc(C#Cc2ccc(OCCCCCC(=O)OCC3C/C(=C\CC(CC(C)C)CC(C)C)C(=O)O3)cc2)cc1. The van der Waals surface area contributed by atoms with Gasteiger partial charge in [0.1, 0.15) is 18.5 Å². The molecule has 0 amide bonds. The molecule has 0 saturated carbocycles. The lowest BCUT2D eigenvalue weighted by Gasteiger charge is -2.19. The van der Waals surface area contributed by atoms with Gasteiger partial charge in [0.2, 0.25) is 0 Å². The predicted octanol–water partition coefficient (Wildman–Crippen LogP) is 7.83. The van der Waals surface area contributed by atoms with Crippen LogP contribution in [0.1, 0.15) is 95.8 Å². The summed E-state index contributed by atoms with van der Waals surface area (Å²) in [4.78, 5) is 24.5. The monoisotopic (exact) mass is 604 g/mol. The molecule has 1 heterocycles. The van der Waals surface area contributed by atoms with E-state index in [1.165, 1.54) is 5.56 Å². The molecule has 44 heavy (non-hydrogen) atoms. The third-order valence-corrected chi connectivity index (χ3v) is 7.27. The van der Waals surface area contributed by atoms with Crippen molar-refractivity contribution >= 4 is 11.9 Å². The third kappa shape index (κ3) is 14.8. The summed E-state index contributed by atoms with van der Waals surface area (Å²) in [7, 11) is 1.00. The number of aliphatic hydroxyl groups excluding tert-OH is 1. The number of hydrogen-bond donors (Lipinski definition) is 1. The maximum atomic E-state index is 12.3. The minimum Gasteiger partial charge on any atom is -0.494 e. The second-order valence-corrected chi connectivity index (χ2v) is 12.3. The molecule has 240 valence electrons. The van der Waals surface area contributed by atoms with Crippen molar-refractivity contribution in [3.63, 3.8) is 0 Å². The van der Waals surface area contributed by atoms with Crippen LogP contribution in [0.15, 0.2) is 60.2 Å². The normalized spacial score (nSPS) is 15.1. The number of rotatable bonds is 15. The number of unbranched alkanes of at least 4 members (excludes halogenated alkanes) is 2. The number of carbonyl (C=O) groups is 2. The first-order valence-electron chi connectivity index (χ1n) is 16.0. The molecule has 2 aromatic carbocycles. The molecule has 1 aliphatic rings. The third-order valence-electron chi connectivity index (χ3n) is 7.27. The van der Waals surface area contributed by atoms with Crippen molar-refractivity contribution in [2.75, 3.05) is 20.3 Å². The Hall–Kier alpha value is -3.56. The van der Waals surface area contributed by atoms with Crippen LogP contribution in [0.2, 0.25) is 0 Å². The van der Waals surface area contributed by atoms with Crippen LogP contribution in [0.3, 0.4) is 0 Å². The summed E-state index contributed by atoms with van der Waals surface area (Å²) < 4.78 is 16.7. The van der Waals surface area contributed by atoms with Crippen molar-refractivity contribution in [2.45, 2.75) is 92.1 Å². The highest BCUT2D eigenvalue weighted by Crippen LogP contribution is 2.27. The molecule has 1 fully saturated rings. The lowest BCUT2D eigenvalue weighted by atomic mass is 9.86. The van der Waals surface area contributed by atoms with Gasteiger partial charge in [-0.05, 0) is 99.6 Å². The molecule has 0 radical (unpaired) electrons. The number of ether oxygens (including phenoxy) is 3. The highest BCUT2D eigenvalue weighted by Gasteiger charge is 2.30. The highest BCUT2D eigenvalue weighted by atomic mass is 16.6. The molecule has 0 aromatic heterocycles. The van der Waals surface area contributed by atoms with Crippen molar-refractivity contribution in [1.29, 1.82) is 0 Å². The number of hydrogen-bond acceptors (Lipinski definition) is 6. The van der Waals surface area contributed by atoms with Gasteiger partial charge in [0.25, 0.3) is 0 Å². The Morgan fingerprint density at radius 2 is 1.52 bits per heavy atom. The molecular weight excluding hydrogens is 552 g/mol.